The topological polar surface area (TPSA) is 17.8 Å². The van der Waals surface area contributed by atoms with Crippen molar-refractivity contribution in [3.63, 3.8) is 0 Å². The Hall–Kier alpha value is -4.67. The summed E-state index contributed by atoms with van der Waals surface area (Å²) < 4.78 is 2.42. The minimum atomic E-state index is -2.51. The van der Waals surface area contributed by atoms with Gasteiger partial charge in [-0.2, -0.15) is 0 Å². The molecule has 5 aromatic carbocycles. The van der Waals surface area contributed by atoms with E-state index < -0.39 is 8.07 Å². The SMILES string of the molecule is CCc1cccc([Si](Cn2ccnc2BC(=Cc2ccccc2)c2ccccc2)(c2ccccc2)c2ccccc2)c1. The van der Waals surface area contributed by atoms with Crippen LogP contribution in [0.2, 0.25) is 0 Å². The normalized spacial score (nSPS) is 11.8. The molecule has 6 rings (SSSR count). The summed E-state index contributed by atoms with van der Waals surface area (Å²) in [7, 11) is -1.76. The molecular formula is C38H35BN2Si. The molecule has 0 spiro atoms. The maximum Gasteiger partial charge on any atom is 0.239 e. The second kappa shape index (κ2) is 12.9. The summed E-state index contributed by atoms with van der Waals surface area (Å²) in [4.78, 5) is 4.97. The summed E-state index contributed by atoms with van der Waals surface area (Å²) in [6, 6.07) is 52.9. The van der Waals surface area contributed by atoms with E-state index >= 15 is 0 Å². The van der Waals surface area contributed by atoms with Gasteiger partial charge in [0, 0.05) is 18.6 Å². The van der Waals surface area contributed by atoms with Gasteiger partial charge in [0.1, 0.15) is 0 Å². The minimum absolute atomic E-state index is 0.745. The highest BCUT2D eigenvalue weighted by molar-refractivity contribution is 7.10. The Labute approximate surface area is 251 Å². The fourth-order valence-corrected chi connectivity index (χ4v) is 10.7. The van der Waals surface area contributed by atoms with Crippen molar-refractivity contribution in [2.75, 3.05) is 0 Å². The summed E-state index contributed by atoms with van der Waals surface area (Å²) in [5.41, 5.74) is 6.13. The molecular weight excluding hydrogens is 523 g/mol. The monoisotopic (exact) mass is 558 g/mol. The van der Waals surface area contributed by atoms with E-state index in [1.807, 2.05) is 6.20 Å². The van der Waals surface area contributed by atoms with Crippen LogP contribution in [0.1, 0.15) is 23.6 Å². The molecule has 4 heteroatoms. The Morgan fingerprint density at radius 2 is 1.26 bits per heavy atom. The Morgan fingerprint density at radius 3 is 1.88 bits per heavy atom. The molecule has 6 aromatic rings. The van der Waals surface area contributed by atoms with Gasteiger partial charge in [0.05, 0.1) is 5.72 Å². The van der Waals surface area contributed by atoms with Crippen LogP contribution in [0.15, 0.2) is 158 Å². The molecule has 204 valence electrons. The lowest BCUT2D eigenvalue weighted by molar-refractivity contribution is 0.893. The third kappa shape index (κ3) is 5.86. The van der Waals surface area contributed by atoms with Crippen LogP contribution in [0.25, 0.3) is 11.5 Å². The zero-order valence-electron chi connectivity index (χ0n) is 24.1. The van der Waals surface area contributed by atoms with E-state index in [0.717, 1.165) is 25.6 Å². The predicted octanol–water partition coefficient (Wildman–Crippen LogP) is 5.42. The zero-order valence-corrected chi connectivity index (χ0v) is 25.1. The molecule has 0 fully saturated rings. The Morgan fingerprint density at radius 1 is 0.690 bits per heavy atom. The summed E-state index contributed by atoms with van der Waals surface area (Å²) in [5.74, 6) is 0. The molecule has 0 aliphatic carbocycles. The standard InChI is InChI=1S/C38H35BN2Si/c1-2-31-18-15-25-36(28-31)42(34-21-11-5-12-22-34,35-23-13-6-14-24-35)30-41-27-26-40-38(41)39-37(33-19-9-4-10-20-33)29-32-16-7-3-8-17-32/h3-29,39H,2,30H2,1H3. The Kier molecular flexibility index (Phi) is 8.44. The average molecular weight is 559 g/mol. The minimum Gasteiger partial charge on any atom is -0.345 e. The number of imidazole rings is 1. The number of aromatic nitrogens is 2. The van der Waals surface area contributed by atoms with Crippen LogP contribution in [0.5, 0.6) is 0 Å². The van der Waals surface area contributed by atoms with Crippen LogP contribution in [0, 0.1) is 0 Å². The molecule has 0 amide bonds. The lowest BCUT2D eigenvalue weighted by Crippen LogP contribution is -2.70. The van der Waals surface area contributed by atoms with Crippen LogP contribution in [-0.2, 0) is 12.6 Å². The van der Waals surface area contributed by atoms with Gasteiger partial charge in [0.25, 0.3) is 0 Å². The fourth-order valence-electron chi connectivity index (χ4n) is 5.99. The molecule has 1 heterocycles. The molecule has 0 saturated heterocycles. The number of rotatable bonds is 10. The van der Waals surface area contributed by atoms with E-state index in [-0.39, 0.29) is 0 Å². The van der Waals surface area contributed by atoms with Gasteiger partial charge < -0.3 is 4.57 Å². The van der Waals surface area contributed by atoms with Crippen LogP contribution in [0.4, 0.5) is 0 Å². The van der Waals surface area contributed by atoms with Gasteiger partial charge >= 0.3 is 0 Å². The molecule has 0 atom stereocenters. The third-order valence-corrected chi connectivity index (χ3v) is 13.0. The van der Waals surface area contributed by atoms with E-state index in [9.17, 15) is 0 Å². The van der Waals surface area contributed by atoms with Crippen molar-refractivity contribution in [1.82, 2.24) is 9.55 Å². The second-order valence-electron chi connectivity index (χ2n) is 10.8. The lowest BCUT2D eigenvalue weighted by atomic mass is 9.65. The maximum atomic E-state index is 4.97. The van der Waals surface area contributed by atoms with E-state index in [1.165, 1.54) is 37.7 Å². The van der Waals surface area contributed by atoms with Crippen molar-refractivity contribution < 1.29 is 0 Å². The van der Waals surface area contributed by atoms with Crippen LogP contribution in [-0.4, -0.2) is 24.9 Å². The largest absolute Gasteiger partial charge is 0.345 e. The van der Waals surface area contributed by atoms with E-state index in [0.29, 0.717) is 0 Å². The first-order chi connectivity index (χ1) is 20.8. The van der Waals surface area contributed by atoms with Gasteiger partial charge in [-0.25, -0.2) is 0 Å². The number of benzene rings is 5. The second-order valence-corrected chi connectivity index (χ2v) is 14.6. The van der Waals surface area contributed by atoms with E-state index in [4.69, 9.17) is 4.98 Å². The van der Waals surface area contributed by atoms with Crippen molar-refractivity contribution in [3.05, 3.63) is 175 Å². The number of aryl methyl sites for hydroxylation is 1. The highest BCUT2D eigenvalue weighted by atomic mass is 28.3. The summed E-state index contributed by atoms with van der Waals surface area (Å²) >= 11 is 0. The quantitative estimate of drug-likeness (QED) is 0.125. The fraction of sp³-hybridized carbons (Fsp3) is 0.0789. The Balaban J connectivity index is 1.49. The first-order valence-corrected chi connectivity index (χ1v) is 17.0. The molecule has 0 aliphatic rings. The van der Waals surface area contributed by atoms with Crippen molar-refractivity contribution in [2.45, 2.75) is 19.5 Å². The molecule has 2 nitrogen and oxygen atoms in total. The van der Waals surface area contributed by atoms with Gasteiger partial charge in [-0.3, -0.25) is 4.98 Å². The molecule has 0 unspecified atom stereocenters. The molecule has 42 heavy (non-hydrogen) atoms. The average Bonchev–Trinajstić information content (AvgIpc) is 3.51. The van der Waals surface area contributed by atoms with Crippen LogP contribution in [0.3, 0.4) is 0 Å². The summed E-state index contributed by atoms with van der Waals surface area (Å²) in [5, 5.41) is 4.25. The van der Waals surface area contributed by atoms with Crippen molar-refractivity contribution in [2.24, 2.45) is 0 Å². The van der Waals surface area contributed by atoms with Gasteiger partial charge in [0.2, 0.25) is 7.28 Å². The van der Waals surface area contributed by atoms with Gasteiger partial charge in [-0.1, -0.05) is 164 Å². The lowest BCUT2D eigenvalue weighted by Gasteiger charge is -2.35. The van der Waals surface area contributed by atoms with E-state index in [2.05, 4.69) is 169 Å². The van der Waals surface area contributed by atoms with Crippen molar-refractivity contribution in [3.8, 4) is 0 Å². The van der Waals surface area contributed by atoms with E-state index in [1.54, 1.807) is 0 Å². The van der Waals surface area contributed by atoms with Gasteiger partial charge in [0.15, 0.2) is 8.07 Å². The Bertz CT molecular complexity index is 1710. The van der Waals surface area contributed by atoms with Gasteiger partial charge in [-0.05, 0) is 38.7 Å². The summed E-state index contributed by atoms with van der Waals surface area (Å²) in [6.45, 7) is 2.24. The highest BCUT2D eigenvalue weighted by Crippen LogP contribution is 2.18. The molecule has 0 aliphatic heterocycles. The predicted molar refractivity (Wildman–Crippen MR) is 183 cm³/mol. The molecule has 0 bridgehead atoms. The number of hydrogen-bond acceptors (Lipinski definition) is 1. The maximum absolute atomic E-state index is 4.97. The first kappa shape index (κ1) is 27.5. The molecule has 0 radical (unpaired) electrons. The summed E-state index contributed by atoms with van der Waals surface area (Å²) in [6.07, 6.45) is 8.34. The van der Waals surface area contributed by atoms with Crippen LogP contribution >= 0.6 is 0 Å². The smallest absolute Gasteiger partial charge is 0.239 e. The number of nitrogens with zero attached hydrogens (tertiary/aromatic N) is 2. The third-order valence-electron chi connectivity index (χ3n) is 8.20. The first-order valence-electron chi connectivity index (χ1n) is 14.8. The molecule has 0 saturated carbocycles. The number of hydrogen-bond donors (Lipinski definition) is 0. The molecule has 1 aromatic heterocycles. The van der Waals surface area contributed by atoms with Crippen molar-refractivity contribution in [1.29, 1.82) is 0 Å². The van der Waals surface area contributed by atoms with Crippen molar-refractivity contribution >= 4 is 48.2 Å². The highest BCUT2D eigenvalue weighted by Gasteiger charge is 2.40. The zero-order chi connectivity index (χ0) is 28.6. The van der Waals surface area contributed by atoms with Gasteiger partial charge in [-0.15, -0.1) is 0 Å². The molecule has 0 N–H and O–H groups in total. The van der Waals surface area contributed by atoms with Crippen LogP contribution < -0.4 is 21.3 Å².